The largest absolute Gasteiger partial charge is 0.340 e. The van der Waals surface area contributed by atoms with Gasteiger partial charge in [0, 0.05) is 0 Å². The second-order valence-electron chi connectivity index (χ2n) is 4.63. The molecule has 1 fully saturated rings. The highest BCUT2D eigenvalue weighted by molar-refractivity contribution is 5.97. The van der Waals surface area contributed by atoms with Crippen molar-refractivity contribution in [3.8, 4) is 0 Å². The number of amides is 2. The average Bonchev–Trinajstić information content (AvgIpc) is 2.71. The van der Waals surface area contributed by atoms with Crippen molar-refractivity contribution in [1.29, 1.82) is 0 Å². The SMILES string of the molecule is CCC1(C)NC(=O)CN(Cc2nc(C)no2)C1=O. The van der Waals surface area contributed by atoms with Crippen molar-refractivity contribution in [1.82, 2.24) is 20.4 Å². The van der Waals surface area contributed by atoms with E-state index >= 15 is 0 Å². The molecule has 1 atom stereocenters. The highest BCUT2D eigenvalue weighted by Crippen LogP contribution is 2.19. The smallest absolute Gasteiger partial charge is 0.248 e. The van der Waals surface area contributed by atoms with E-state index in [1.165, 1.54) is 4.90 Å². The van der Waals surface area contributed by atoms with Crippen molar-refractivity contribution in [2.75, 3.05) is 6.54 Å². The summed E-state index contributed by atoms with van der Waals surface area (Å²) in [5.41, 5.74) is -0.843. The van der Waals surface area contributed by atoms with Crippen molar-refractivity contribution in [3.63, 3.8) is 0 Å². The van der Waals surface area contributed by atoms with E-state index in [4.69, 9.17) is 4.52 Å². The van der Waals surface area contributed by atoms with Gasteiger partial charge in [0.15, 0.2) is 5.82 Å². The fourth-order valence-electron chi connectivity index (χ4n) is 1.93. The van der Waals surface area contributed by atoms with Crippen LogP contribution in [0.15, 0.2) is 4.52 Å². The van der Waals surface area contributed by atoms with E-state index in [0.717, 1.165) is 0 Å². The van der Waals surface area contributed by atoms with E-state index in [-0.39, 0.29) is 24.9 Å². The van der Waals surface area contributed by atoms with Gasteiger partial charge in [0.05, 0.1) is 0 Å². The minimum Gasteiger partial charge on any atom is -0.340 e. The molecule has 98 valence electrons. The topological polar surface area (TPSA) is 88.3 Å². The molecule has 1 saturated heterocycles. The molecule has 0 aromatic carbocycles. The van der Waals surface area contributed by atoms with Crippen LogP contribution in [0.2, 0.25) is 0 Å². The third kappa shape index (κ3) is 2.20. The molecule has 7 nitrogen and oxygen atoms in total. The Hall–Kier alpha value is -1.92. The number of aromatic nitrogens is 2. The maximum absolute atomic E-state index is 12.3. The minimum atomic E-state index is -0.843. The van der Waals surface area contributed by atoms with Crippen LogP contribution in [0.3, 0.4) is 0 Å². The van der Waals surface area contributed by atoms with E-state index < -0.39 is 5.54 Å². The summed E-state index contributed by atoms with van der Waals surface area (Å²) in [6.07, 6.45) is 0.539. The van der Waals surface area contributed by atoms with Crippen LogP contribution in [0, 0.1) is 6.92 Å². The predicted molar refractivity (Wildman–Crippen MR) is 61.3 cm³/mol. The van der Waals surface area contributed by atoms with Gasteiger partial charge in [0.2, 0.25) is 17.7 Å². The Morgan fingerprint density at radius 2 is 2.22 bits per heavy atom. The summed E-state index contributed by atoms with van der Waals surface area (Å²) in [5, 5.41) is 6.37. The van der Waals surface area contributed by atoms with Crippen molar-refractivity contribution >= 4 is 11.8 Å². The van der Waals surface area contributed by atoms with Crippen molar-refractivity contribution in [2.45, 2.75) is 39.3 Å². The van der Waals surface area contributed by atoms with Gasteiger partial charge >= 0.3 is 0 Å². The molecule has 0 aliphatic carbocycles. The number of hydrogen-bond donors (Lipinski definition) is 1. The van der Waals surface area contributed by atoms with Crippen LogP contribution >= 0.6 is 0 Å². The molecule has 1 N–H and O–H groups in total. The fourth-order valence-corrected chi connectivity index (χ4v) is 1.93. The van der Waals surface area contributed by atoms with Gasteiger partial charge in [-0.1, -0.05) is 12.1 Å². The highest BCUT2D eigenvalue weighted by Gasteiger charge is 2.41. The Kier molecular flexibility index (Phi) is 3.06. The Morgan fingerprint density at radius 3 is 2.78 bits per heavy atom. The first-order chi connectivity index (χ1) is 8.44. The van der Waals surface area contributed by atoms with Crippen LogP contribution in [-0.4, -0.2) is 38.9 Å². The molecule has 2 rings (SSSR count). The Labute approximate surface area is 105 Å². The molecule has 0 bridgehead atoms. The molecule has 18 heavy (non-hydrogen) atoms. The van der Waals surface area contributed by atoms with E-state index in [1.54, 1.807) is 13.8 Å². The highest BCUT2D eigenvalue weighted by atomic mass is 16.5. The summed E-state index contributed by atoms with van der Waals surface area (Å²) in [7, 11) is 0. The zero-order valence-corrected chi connectivity index (χ0v) is 10.7. The summed E-state index contributed by atoms with van der Waals surface area (Å²) in [6, 6.07) is 0. The molecule has 1 aromatic rings. The Morgan fingerprint density at radius 1 is 1.50 bits per heavy atom. The maximum Gasteiger partial charge on any atom is 0.248 e. The molecule has 1 aromatic heterocycles. The van der Waals surface area contributed by atoms with E-state index in [0.29, 0.717) is 18.1 Å². The maximum atomic E-state index is 12.3. The van der Waals surface area contributed by atoms with Crippen LogP contribution in [0.4, 0.5) is 0 Å². The fraction of sp³-hybridized carbons (Fsp3) is 0.636. The molecule has 0 spiro atoms. The zero-order valence-electron chi connectivity index (χ0n) is 10.7. The van der Waals surface area contributed by atoms with Gasteiger partial charge in [-0.3, -0.25) is 9.59 Å². The zero-order chi connectivity index (χ0) is 13.3. The molecular formula is C11H16N4O3. The number of carbonyl (C=O) groups excluding carboxylic acids is 2. The first-order valence-corrected chi connectivity index (χ1v) is 5.84. The lowest BCUT2D eigenvalue weighted by Crippen LogP contribution is -2.64. The number of rotatable bonds is 3. The van der Waals surface area contributed by atoms with E-state index in [2.05, 4.69) is 15.5 Å². The van der Waals surface area contributed by atoms with Crippen LogP contribution < -0.4 is 5.32 Å². The van der Waals surface area contributed by atoms with Gasteiger partial charge < -0.3 is 14.7 Å². The summed E-state index contributed by atoms with van der Waals surface area (Å²) in [6.45, 7) is 5.48. The second kappa shape index (κ2) is 4.40. The molecule has 1 aliphatic rings. The quantitative estimate of drug-likeness (QED) is 0.818. The van der Waals surface area contributed by atoms with Crippen molar-refractivity contribution < 1.29 is 14.1 Å². The lowest BCUT2D eigenvalue weighted by atomic mass is 9.94. The van der Waals surface area contributed by atoms with Gasteiger partial charge in [-0.05, 0) is 20.3 Å². The summed E-state index contributed by atoms with van der Waals surface area (Å²) in [4.78, 5) is 29.3. The summed E-state index contributed by atoms with van der Waals surface area (Å²) >= 11 is 0. The van der Waals surface area contributed by atoms with Gasteiger partial charge in [-0.25, -0.2) is 0 Å². The molecule has 2 heterocycles. The Bertz CT molecular complexity index is 484. The number of piperazine rings is 1. The first kappa shape index (κ1) is 12.5. The van der Waals surface area contributed by atoms with Crippen molar-refractivity contribution in [3.05, 3.63) is 11.7 Å². The number of carbonyl (C=O) groups is 2. The van der Waals surface area contributed by atoms with Gasteiger partial charge in [0.1, 0.15) is 18.6 Å². The summed E-state index contributed by atoms with van der Waals surface area (Å²) < 4.78 is 4.97. The van der Waals surface area contributed by atoms with Crippen LogP contribution in [0.5, 0.6) is 0 Å². The first-order valence-electron chi connectivity index (χ1n) is 5.84. The number of nitrogens with zero attached hydrogens (tertiary/aromatic N) is 3. The molecule has 1 aliphatic heterocycles. The van der Waals surface area contributed by atoms with E-state index in [9.17, 15) is 9.59 Å². The van der Waals surface area contributed by atoms with E-state index in [1.807, 2.05) is 6.92 Å². The van der Waals surface area contributed by atoms with Gasteiger partial charge in [0.25, 0.3) is 0 Å². The van der Waals surface area contributed by atoms with Crippen molar-refractivity contribution in [2.24, 2.45) is 0 Å². The molecule has 7 heteroatoms. The Balaban J connectivity index is 2.17. The van der Waals surface area contributed by atoms with Crippen LogP contribution in [-0.2, 0) is 16.1 Å². The molecule has 2 amide bonds. The molecule has 0 saturated carbocycles. The number of aryl methyl sites for hydroxylation is 1. The number of nitrogens with one attached hydrogen (secondary N) is 1. The minimum absolute atomic E-state index is 0.0237. The van der Waals surface area contributed by atoms with Crippen LogP contribution in [0.1, 0.15) is 32.0 Å². The van der Waals surface area contributed by atoms with Gasteiger partial charge in [-0.2, -0.15) is 4.98 Å². The monoisotopic (exact) mass is 252 g/mol. The number of hydrogen-bond acceptors (Lipinski definition) is 5. The lowest BCUT2D eigenvalue weighted by molar-refractivity contribution is -0.150. The second-order valence-corrected chi connectivity index (χ2v) is 4.63. The summed E-state index contributed by atoms with van der Waals surface area (Å²) in [5.74, 6) is 0.557. The molecule has 1 unspecified atom stereocenters. The van der Waals surface area contributed by atoms with Gasteiger partial charge in [-0.15, -0.1) is 0 Å². The normalized spacial score (nSPS) is 24.3. The third-order valence-electron chi connectivity index (χ3n) is 3.11. The molecule has 0 radical (unpaired) electrons. The predicted octanol–water partition coefficient (Wildman–Crippen LogP) is 0.00512. The average molecular weight is 252 g/mol. The van der Waals surface area contributed by atoms with Crippen LogP contribution in [0.25, 0.3) is 0 Å². The molecular weight excluding hydrogens is 236 g/mol. The standard InChI is InChI=1S/C11H16N4O3/c1-4-11(3)10(17)15(5-8(16)13-11)6-9-12-7(2)14-18-9/h4-6H2,1-3H3,(H,13,16). The lowest BCUT2D eigenvalue weighted by Gasteiger charge is -2.38. The third-order valence-corrected chi connectivity index (χ3v) is 3.11.